The maximum Gasteiger partial charge on any atom is 0.320 e. The van der Waals surface area contributed by atoms with Crippen LogP contribution in [0.15, 0.2) is 77.4 Å². The lowest BCUT2D eigenvalue weighted by molar-refractivity contribution is -0.134. The Morgan fingerprint density at radius 2 is 1.50 bits per heavy atom. The third-order valence-electron chi connectivity index (χ3n) is 6.06. The van der Waals surface area contributed by atoms with Gasteiger partial charge in [0.15, 0.2) is 17.3 Å². The van der Waals surface area contributed by atoms with Gasteiger partial charge in [-0.1, -0.05) is 53.7 Å². The summed E-state index contributed by atoms with van der Waals surface area (Å²) in [7, 11) is -4.17. The van der Waals surface area contributed by atoms with E-state index in [1.807, 2.05) is 48.5 Å². The van der Waals surface area contributed by atoms with Gasteiger partial charge in [0.2, 0.25) is 10.0 Å². The summed E-state index contributed by atoms with van der Waals surface area (Å²) in [4.78, 5) is 31.9. The molecule has 0 fully saturated rings. The number of Topliss-reactive ketones (excluding diaryl/α,β-unsaturated/α-hetero) is 1. The minimum atomic E-state index is -4.17. The summed E-state index contributed by atoms with van der Waals surface area (Å²) in [5.74, 6) is -2.55. The zero-order valence-corrected chi connectivity index (χ0v) is 21.8. The summed E-state index contributed by atoms with van der Waals surface area (Å²) < 4.78 is 31.3. The molecule has 3 N–H and O–H groups in total. The van der Waals surface area contributed by atoms with E-state index in [9.17, 15) is 18.0 Å². The fourth-order valence-electron chi connectivity index (χ4n) is 4.16. The van der Waals surface area contributed by atoms with Crippen LogP contribution in [0.25, 0.3) is 44.5 Å². The number of pyridine rings is 2. The number of nitrogens with one attached hydrogen (secondary N) is 1. The van der Waals surface area contributed by atoms with Gasteiger partial charge in [0.25, 0.3) is 0 Å². The molecule has 40 heavy (non-hydrogen) atoms. The monoisotopic (exact) mass is 558 g/mol. The number of hydrogen-bond acceptors (Lipinski definition) is 9. The van der Waals surface area contributed by atoms with Crippen molar-refractivity contribution in [1.29, 1.82) is 0 Å². The molecular formula is C28H22N4O7S. The first-order valence-corrected chi connectivity index (χ1v) is 13.6. The molecule has 0 spiro atoms. The molecule has 0 amide bonds. The number of aliphatic hydroxyl groups excluding tert-OH is 1. The SMILES string of the molecule is CC(=O)c1cc(-c2ccc(-c3ccc(-c4cc(CO)on4)cc3)cc2)nc2cc(NS(=O)(=O)CC(=O)O)ncc12. The second-order valence-corrected chi connectivity index (χ2v) is 10.7. The van der Waals surface area contributed by atoms with Crippen LogP contribution in [0.5, 0.6) is 0 Å². The molecule has 3 heterocycles. The van der Waals surface area contributed by atoms with Gasteiger partial charge in [-0.25, -0.2) is 18.4 Å². The number of aliphatic carboxylic acids is 1. The summed E-state index contributed by atoms with van der Waals surface area (Å²) in [6, 6.07) is 20.0. The number of carboxylic acid groups (broad SMARTS) is 1. The Hall–Kier alpha value is -4.94. The predicted octanol–water partition coefficient (Wildman–Crippen LogP) is 4.14. The van der Waals surface area contributed by atoms with E-state index in [2.05, 4.69) is 19.8 Å². The summed E-state index contributed by atoms with van der Waals surface area (Å²) >= 11 is 0. The quantitative estimate of drug-likeness (QED) is 0.223. The van der Waals surface area contributed by atoms with Crippen LogP contribution in [0.2, 0.25) is 0 Å². The van der Waals surface area contributed by atoms with Crippen LogP contribution in [-0.2, 0) is 21.4 Å². The molecule has 12 heteroatoms. The first-order valence-electron chi connectivity index (χ1n) is 11.9. The Kier molecular flexibility index (Phi) is 7.11. The zero-order valence-electron chi connectivity index (χ0n) is 21.0. The molecule has 11 nitrogen and oxygen atoms in total. The van der Waals surface area contributed by atoms with Gasteiger partial charge in [-0.3, -0.25) is 14.3 Å². The number of carbonyl (C=O) groups excluding carboxylic acids is 1. The second-order valence-electron chi connectivity index (χ2n) is 8.94. The minimum Gasteiger partial charge on any atom is -0.480 e. The second kappa shape index (κ2) is 10.7. The highest BCUT2D eigenvalue weighted by atomic mass is 32.2. The van der Waals surface area contributed by atoms with Crippen molar-refractivity contribution >= 4 is 38.5 Å². The van der Waals surface area contributed by atoms with Crippen LogP contribution >= 0.6 is 0 Å². The molecule has 2 aromatic carbocycles. The first-order chi connectivity index (χ1) is 19.1. The smallest absolute Gasteiger partial charge is 0.320 e. The number of carboxylic acids is 1. The van der Waals surface area contributed by atoms with Crippen LogP contribution in [-0.4, -0.2) is 51.3 Å². The number of nitrogens with zero attached hydrogens (tertiary/aromatic N) is 3. The third kappa shape index (κ3) is 5.72. The number of rotatable bonds is 9. The third-order valence-corrected chi connectivity index (χ3v) is 7.20. The fraction of sp³-hybridized carbons (Fsp3) is 0.107. The first kappa shape index (κ1) is 26.7. The number of fused-ring (bicyclic) bond motifs is 1. The number of carbonyl (C=O) groups is 2. The standard InChI is InChI=1S/C28H22N4O7S/c1-16(34)22-11-24(30-26-12-27(29-13-23(22)26)32-40(37,38)15-28(35)36)19-6-2-17(3-7-19)18-4-8-20(9-5-18)25-10-21(14-33)39-31-25/h2-13,33H,14-15H2,1H3,(H,29,32)(H,35,36). The summed E-state index contributed by atoms with van der Waals surface area (Å²) in [5.41, 5.74) is 5.29. The Bertz CT molecular complexity index is 1850. The van der Waals surface area contributed by atoms with E-state index in [1.165, 1.54) is 19.2 Å². The van der Waals surface area contributed by atoms with E-state index < -0.39 is 21.7 Å². The van der Waals surface area contributed by atoms with Crippen LogP contribution in [0.3, 0.4) is 0 Å². The lowest BCUT2D eigenvalue weighted by Crippen LogP contribution is -2.22. The van der Waals surface area contributed by atoms with Gasteiger partial charge in [0.1, 0.15) is 18.1 Å². The number of ketones is 1. The largest absolute Gasteiger partial charge is 0.480 e. The summed E-state index contributed by atoms with van der Waals surface area (Å²) in [5, 5.41) is 22.4. The normalized spacial score (nSPS) is 11.4. The summed E-state index contributed by atoms with van der Waals surface area (Å²) in [6.07, 6.45) is 1.33. The van der Waals surface area contributed by atoms with Crippen molar-refractivity contribution in [2.24, 2.45) is 0 Å². The average molecular weight is 559 g/mol. The van der Waals surface area contributed by atoms with E-state index in [4.69, 9.17) is 14.7 Å². The van der Waals surface area contributed by atoms with Crippen molar-refractivity contribution in [2.75, 3.05) is 10.5 Å². The van der Waals surface area contributed by atoms with E-state index in [-0.39, 0.29) is 18.2 Å². The molecule has 202 valence electrons. The number of sulfonamides is 1. The minimum absolute atomic E-state index is 0.107. The van der Waals surface area contributed by atoms with Gasteiger partial charge in [-0.05, 0) is 24.1 Å². The van der Waals surface area contributed by atoms with Crippen molar-refractivity contribution in [2.45, 2.75) is 13.5 Å². The van der Waals surface area contributed by atoms with Gasteiger partial charge in [-0.2, -0.15) is 0 Å². The number of benzene rings is 2. The van der Waals surface area contributed by atoms with Gasteiger partial charge in [0, 0.05) is 40.4 Å². The zero-order chi connectivity index (χ0) is 28.4. The molecule has 0 aliphatic rings. The Balaban J connectivity index is 1.45. The molecular weight excluding hydrogens is 536 g/mol. The van der Waals surface area contributed by atoms with Crippen molar-refractivity contribution in [3.63, 3.8) is 0 Å². The van der Waals surface area contributed by atoms with Gasteiger partial charge in [0.05, 0.1) is 11.2 Å². The highest BCUT2D eigenvalue weighted by Crippen LogP contribution is 2.30. The highest BCUT2D eigenvalue weighted by molar-refractivity contribution is 7.93. The predicted molar refractivity (Wildman–Crippen MR) is 147 cm³/mol. The molecule has 0 saturated carbocycles. The summed E-state index contributed by atoms with van der Waals surface area (Å²) in [6.45, 7) is 1.19. The number of anilines is 1. The van der Waals surface area contributed by atoms with Crippen molar-refractivity contribution < 1.29 is 32.7 Å². The molecule has 0 radical (unpaired) electrons. The Morgan fingerprint density at radius 1 is 0.900 bits per heavy atom. The van der Waals surface area contributed by atoms with E-state index in [0.717, 1.165) is 22.3 Å². The Morgan fingerprint density at radius 3 is 2.05 bits per heavy atom. The van der Waals surface area contributed by atoms with E-state index >= 15 is 0 Å². The van der Waals surface area contributed by atoms with Crippen LogP contribution < -0.4 is 4.72 Å². The maximum absolute atomic E-state index is 12.4. The van der Waals surface area contributed by atoms with Crippen LogP contribution in [0.1, 0.15) is 23.0 Å². The fourth-order valence-corrected chi connectivity index (χ4v) is 4.99. The van der Waals surface area contributed by atoms with Crippen molar-refractivity contribution in [1.82, 2.24) is 15.1 Å². The maximum atomic E-state index is 12.4. The van der Waals surface area contributed by atoms with Crippen LogP contribution in [0.4, 0.5) is 5.82 Å². The topological polar surface area (TPSA) is 173 Å². The molecule has 0 aliphatic carbocycles. The lowest BCUT2D eigenvalue weighted by Gasteiger charge is -2.11. The Labute approximate surface area is 228 Å². The average Bonchev–Trinajstić information content (AvgIpc) is 3.41. The molecule has 3 aromatic heterocycles. The number of hydrogen-bond donors (Lipinski definition) is 3. The van der Waals surface area contributed by atoms with Crippen molar-refractivity contribution in [3.05, 3.63) is 84.3 Å². The molecule has 0 saturated heterocycles. The molecule has 0 unspecified atom stereocenters. The van der Waals surface area contributed by atoms with Gasteiger partial charge >= 0.3 is 5.97 Å². The molecule has 0 bridgehead atoms. The lowest BCUT2D eigenvalue weighted by atomic mass is 9.99. The van der Waals surface area contributed by atoms with Crippen molar-refractivity contribution in [3.8, 4) is 33.6 Å². The molecule has 5 aromatic rings. The molecule has 0 aliphatic heterocycles. The number of aliphatic hydroxyl groups is 1. The van der Waals surface area contributed by atoms with Gasteiger partial charge < -0.3 is 14.7 Å². The van der Waals surface area contributed by atoms with Crippen LogP contribution in [0, 0.1) is 0 Å². The number of aromatic nitrogens is 3. The molecule has 5 rings (SSSR count). The van der Waals surface area contributed by atoms with Gasteiger partial charge in [-0.15, -0.1) is 0 Å². The molecule has 0 atom stereocenters. The highest BCUT2D eigenvalue weighted by Gasteiger charge is 2.18. The van der Waals surface area contributed by atoms with E-state index in [1.54, 1.807) is 12.1 Å². The van der Waals surface area contributed by atoms with E-state index in [0.29, 0.717) is 33.6 Å².